The van der Waals surface area contributed by atoms with E-state index >= 15 is 0 Å². The Labute approximate surface area is 183 Å². The fourth-order valence-corrected chi connectivity index (χ4v) is 4.15. The number of hydrogen-bond acceptors (Lipinski definition) is 5. The van der Waals surface area contributed by atoms with Crippen molar-refractivity contribution in [1.82, 2.24) is 4.90 Å². The number of carbonyl (C=O) groups excluding carboxylic acids is 2. The van der Waals surface area contributed by atoms with Gasteiger partial charge in [-0.2, -0.15) is 0 Å². The van der Waals surface area contributed by atoms with Gasteiger partial charge >= 0.3 is 0 Å². The molecular weight excluding hydrogens is 394 g/mol. The summed E-state index contributed by atoms with van der Waals surface area (Å²) in [5, 5.41) is 0. The molecule has 0 saturated carbocycles. The van der Waals surface area contributed by atoms with Crippen molar-refractivity contribution in [2.45, 2.75) is 19.3 Å². The molecule has 2 amide bonds. The highest BCUT2D eigenvalue weighted by molar-refractivity contribution is 5.97. The van der Waals surface area contributed by atoms with E-state index in [1.807, 2.05) is 41.3 Å². The van der Waals surface area contributed by atoms with Crippen LogP contribution in [0, 0.1) is 0 Å². The van der Waals surface area contributed by atoms with Crippen LogP contribution in [0.3, 0.4) is 0 Å². The number of benzene rings is 2. The summed E-state index contributed by atoms with van der Waals surface area (Å²) in [6, 6.07) is 15.6. The number of fused-ring (bicyclic) bond motifs is 1. The summed E-state index contributed by atoms with van der Waals surface area (Å²) in [5.41, 5.74) is 1.92. The Bertz CT molecular complexity index is 915. The summed E-state index contributed by atoms with van der Waals surface area (Å²) >= 11 is 0. The monoisotopic (exact) mass is 423 g/mol. The van der Waals surface area contributed by atoms with E-state index in [0.717, 1.165) is 48.9 Å². The molecule has 7 heteroatoms. The summed E-state index contributed by atoms with van der Waals surface area (Å²) in [7, 11) is 1.66. The first-order valence-corrected chi connectivity index (χ1v) is 10.8. The molecule has 0 unspecified atom stereocenters. The van der Waals surface area contributed by atoms with E-state index in [-0.39, 0.29) is 24.7 Å². The van der Waals surface area contributed by atoms with Gasteiger partial charge < -0.3 is 24.2 Å². The quantitative estimate of drug-likeness (QED) is 0.740. The van der Waals surface area contributed by atoms with Gasteiger partial charge in [-0.3, -0.25) is 9.59 Å². The van der Waals surface area contributed by atoms with Crippen molar-refractivity contribution in [3.8, 4) is 11.5 Å². The molecule has 2 aliphatic heterocycles. The maximum Gasteiger partial charge on any atom is 0.227 e. The summed E-state index contributed by atoms with van der Waals surface area (Å²) in [5.74, 6) is 1.58. The molecule has 0 atom stereocenters. The first-order valence-electron chi connectivity index (χ1n) is 10.8. The highest BCUT2D eigenvalue weighted by atomic mass is 16.5. The van der Waals surface area contributed by atoms with Gasteiger partial charge in [0.2, 0.25) is 11.8 Å². The number of hydrogen-bond donors (Lipinski definition) is 0. The van der Waals surface area contributed by atoms with Crippen molar-refractivity contribution in [2.24, 2.45) is 0 Å². The number of methoxy groups -OCH3 is 1. The Morgan fingerprint density at radius 3 is 2.48 bits per heavy atom. The van der Waals surface area contributed by atoms with E-state index < -0.39 is 0 Å². The third-order valence-corrected chi connectivity index (χ3v) is 5.87. The zero-order chi connectivity index (χ0) is 21.6. The van der Waals surface area contributed by atoms with Crippen LogP contribution >= 0.6 is 0 Å². The molecule has 0 radical (unpaired) electrons. The van der Waals surface area contributed by atoms with Crippen LogP contribution in [-0.2, 0) is 9.59 Å². The summed E-state index contributed by atoms with van der Waals surface area (Å²) < 4.78 is 10.8. The molecule has 2 aromatic rings. The fraction of sp³-hybridized carbons (Fsp3) is 0.417. The van der Waals surface area contributed by atoms with Crippen molar-refractivity contribution < 1.29 is 19.1 Å². The molecule has 2 aliphatic rings. The number of nitrogens with zero attached hydrogens (tertiary/aromatic N) is 3. The molecule has 7 nitrogen and oxygen atoms in total. The molecule has 164 valence electrons. The molecule has 1 saturated heterocycles. The lowest BCUT2D eigenvalue weighted by Crippen LogP contribution is -2.39. The van der Waals surface area contributed by atoms with Gasteiger partial charge in [0.1, 0.15) is 18.1 Å². The highest BCUT2D eigenvalue weighted by Gasteiger charge is 2.25. The smallest absolute Gasteiger partial charge is 0.227 e. The maximum atomic E-state index is 12.8. The van der Waals surface area contributed by atoms with Crippen LogP contribution < -0.4 is 19.3 Å². The maximum absolute atomic E-state index is 12.8. The average molecular weight is 424 g/mol. The van der Waals surface area contributed by atoms with Gasteiger partial charge in [0.25, 0.3) is 0 Å². The minimum Gasteiger partial charge on any atom is -0.497 e. The fourth-order valence-electron chi connectivity index (χ4n) is 4.15. The van der Waals surface area contributed by atoms with E-state index in [2.05, 4.69) is 17.0 Å². The standard InChI is InChI=1S/C24H29N3O4/c1-30-20-9-7-19(8-10-20)25-13-4-14-26(16-15-25)23(28)11-12-24(29)27-17-18-31-22-6-3-2-5-21(22)27/h2-3,5-10H,4,11-18H2,1H3. The van der Waals surface area contributed by atoms with E-state index in [4.69, 9.17) is 9.47 Å². The van der Waals surface area contributed by atoms with Crippen molar-refractivity contribution in [3.63, 3.8) is 0 Å². The zero-order valence-corrected chi connectivity index (χ0v) is 18.0. The Morgan fingerprint density at radius 1 is 0.903 bits per heavy atom. The Balaban J connectivity index is 1.29. The van der Waals surface area contributed by atoms with Gasteiger partial charge in [0.05, 0.1) is 19.3 Å². The van der Waals surface area contributed by atoms with Crippen LogP contribution in [0.15, 0.2) is 48.5 Å². The summed E-state index contributed by atoms with van der Waals surface area (Å²) in [6.07, 6.45) is 1.36. The topological polar surface area (TPSA) is 62.3 Å². The number of amides is 2. The molecule has 0 N–H and O–H groups in total. The van der Waals surface area contributed by atoms with Gasteiger partial charge in [-0.05, 0) is 42.8 Å². The van der Waals surface area contributed by atoms with Crippen molar-refractivity contribution in [1.29, 1.82) is 0 Å². The predicted octanol–water partition coefficient (Wildman–Crippen LogP) is 2.94. The van der Waals surface area contributed by atoms with Crippen molar-refractivity contribution >= 4 is 23.2 Å². The second-order valence-electron chi connectivity index (χ2n) is 7.78. The third-order valence-electron chi connectivity index (χ3n) is 5.87. The van der Waals surface area contributed by atoms with Crippen molar-refractivity contribution in [3.05, 3.63) is 48.5 Å². The molecule has 0 bridgehead atoms. The van der Waals surface area contributed by atoms with E-state index in [1.54, 1.807) is 12.0 Å². The van der Waals surface area contributed by atoms with E-state index in [1.165, 1.54) is 0 Å². The molecule has 2 heterocycles. The number of carbonyl (C=O) groups is 2. The second kappa shape index (κ2) is 9.73. The second-order valence-corrected chi connectivity index (χ2v) is 7.78. The summed E-state index contributed by atoms with van der Waals surface area (Å²) in [6.45, 7) is 4.07. The molecule has 4 rings (SSSR count). The first-order chi connectivity index (χ1) is 15.2. The van der Waals surface area contributed by atoms with Crippen LogP contribution in [0.1, 0.15) is 19.3 Å². The number of anilines is 2. The highest BCUT2D eigenvalue weighted by Crippen LogP contribution is 2.31. The normalized spacial score (nSPS) is 16.2. The third kappa shape index (κ3) is 4.93. The minimum absolute atomic E-state index is 0.0289. The van der Waals surface area contributed by atoms with Crippen LogP contribution in [0.5, 0.6) is 11.5 Å². The number of rotatable bonds is 5. The van der Waals surface area contributed by atoms with Crippen LogP contribution in [0.2, 0.25) is 0 Å². The Hall–Kier alpha value is -3.22. The SMILES string of the molecule is COc1ccc(N2CCCN(C(=O)CCC(=O)N3CCOc4ccccc43)CC2)cc1. The number of ether oxygens (including phenoxy) is 2. The summed E-state index contributed by atoms with van der Waals surface area (Å²) in [4.78, 5) is 31.5. The van der Waals surface area contributed by atoms with Gasteiger partial charge in [-0.25, -0.2) is 0 Å². The van der Waals surface area contributed by atoms with Gasteiger partial charge in [0.15, 0.2) is 0 Å². The lowest BCUT2D eigenvalue weighted by molar-refractivity contribution is -0.133. The van der Waals surface area contributed by atoms with Crippen LogP contribution in [0.25, 0.3) is 0 Å². The van der Waals surface area contributed by atoms with Crippen LogP contribution in [-0.4, -0.2) is 63.2 Å². The van der Waals surface area contributed by atoms with Gasteiger partial charge in [0, 0.05) is 44.7 Å². The molecule has 1 fully saturated rings. The molecule has 2 aromatic carbocycles. The zero-order valence-electron chi connectivity index (χ0n) is 18.0. The molecule has 0 aliphatic carbocycles. The Kier molecular flexibility index (Phi) is 6.60. The molecule has 31 heavy (non-hydrogen) atoms. The first kappa shape index (κ1) is 21.0. The average Bonchev–Trinajstić information content (AvgIpc) is 3.08. The molecular formula is C24H29N3O4. The minimum atomic E-state index is -0.0289. The predicted molar refractivity (Wildman–Crippen MR) is 120 cm³/mol. The van der Waals surface area contributed by atoms with E-state index in [9.17, 15) is 9.59 Å². The van der Waals surface area contributed by atoms with Gasteiger partial charge in [-0.15, -0.1) is 0 Å². The molecule has 0 spiro atoms. The van der Waals surface area contributed by atoms with Crippen LogP contribution in [0.4, 0.5) is 11.4 Å². The van der Waals surface area contributed by atoms with E-state index in [0.29, 0.717) is 19.7 Å². The lowest BCUT2D eigenvalue weighted by atomic mass is 10.2. The van der Waals surface area contributed by atoms with Gasteiger partial charge in [-0.1, -0.05) is 12.1 Å². The molecule has 0 aromatic heterocycles. The Morgan fingerprint density at radius 2 is 1.68 bits per heavy atom. The lowest BCUT2D eigenvalue weighted by Gasteiger charge is -2.29. The number of para-hydroxylation sites is 2. The largest absolute Gasteiger partial charge is 0.497 e. The van der Waals surface area contributed by atoms with Crippen molar-refractivity contribution in [2.75, 3.05) is 56.2 Å².